The number of hydrogen-bond acceptors (Lipinski definition) is 4. The molecule has 1 saturated heterocycles. The molecule has 1 rings (SSSR count). The summed E-state index contributed by atoms with van der Waals surface area (Å²) in [6.45, 7) is 5.17. The van der Waals surface area contributed by atoms with E-state index in [2.05, 4.69) is 10.0 Å². The predicted octanol–water partition coefficient (Wildman–Crippen LogP) is 0.241. The van der Waals surface area contributed by atoms with E-state index in [0.29, 0.717) is 25.8 Å². The van der Waals surface area contributed by atoms with Crippen molar-refractivity contribution in [3.63, 3.8) is 0 Å². The molecular formula is C10H23ClN2O3S. The van der Waals surface area contributed by atoms with E-state index in [-0.39, 0.29) is 17.7 Å². The van der Waals surface area contributed by atoms with Gasteiger partial charge >= 0.3 is 0 Å². The molecule has 17 heavy (non-hydrogen) atoms. The summed E-state index contributed by atoms with van der Waals surface area (Å²) >= 11 is 0. The van der Waals surface area contributed by atoms with Crippen molar-refractivity contribution < 1.29 is 13.5 Å². The van der Waals surface area contributed by atoms with Gasteiger partial charge in [0.15, 0.2) is 0 Å². The minimum atomic E-state index is -3.21. The number of sulfonamides is 1. The smallest absolute Gasteiger partial charge is 0.214 e. The Balaban J connectivity index is 0.00000256. The summed E-state index contributed by atoms with van der Waals surface area (Å²) in [5.74, 6) is 0. The van der Waals surface area contributed by atoms with Gasteiger partial charge in [0.05, 0.1) is 10.9 Å². The molecule has 104 valence electrons. The van der Waals surface area contributed by atoms with Gasteiger partial charge in [-0.15, -0.1) is 12.4 Å². The van der Waals surface area contributed by atoms with Gasteiger partial charge in [-0.25, -0.2) is 13.1 Å². The van der Waals surface area contributed by atoms with E-state index in [1.54, 1.807) is 13.8 Å². The first kappa shape index (κ1) is 17.1. The molecule has 0 aromatic rings. The third-order valence-electron chi connectivity index (χ3n) is 2.77. The highest BCUT2D eigenvalue weighted by Crippen LogP contribution is 2.12. The first-order valence-electron chi connectivity index (χ1n) is 5.73. The minimum Gasteiger partial charge on any atom is -0.390 e. The fourth-order valence-corrected chi connectivity index (χ4v) is 3.20. The Kier molecular flexibility index (Phi) is 6.94. The maximum absolute atomic E-state index is 11.9. The van der Waals surface area contributed by atoms with Crippen LogP contribution < -0.4 is 10.0 Å². The number of aliphatic hydroxyl groups is 1. The van der Waals surface area contributed by atoms with Crippen molar-refractivity contribution in [1.82, 2.24) is 10.0 Å². The van der Waals surface area contributed by atoms with Crippen LogP contribution in [0.25, 0.3) is 0 Å². The first-order valence-corrected chi connectivity index (χ1v) is 7.27. The molecule has 0 spiro atoms. The van der Waals surface area contributed by atoms with Crippen LogP contribution in [0.2, 0.25) is 0 Å². The highest BCUT2D eigenvalue weighted by Gasteiger charge is 2.27. The summed E-state index contributed by atoms with van der Waals surface area (Å²) in [4.78, 5) is 0. The Hall–Kier alpha value is 0.120. The Morgan fingerprint density at radius 1 is 1.35 bits per heavy atom. The van der Waals surface area contributed by atoms with Crippen LogP contribution in [0.3, 0.4) is 0 Å². The number of halogens is 1. The van der Waals surface area contributed by atoms with Crippen LogP contribution in [0.15, 0.2) is 0 Å². The lowest BCUT2D eigenvalue weighted by Crippen LogP contribution is -2.42. The highest BCUT2D eigenvalue weighted by molar-refractivity contribution is 7.90. The van der Waals surface area contributed by atoms with Gasteiger partial charge in [-0.05, 0) is 46.2 Å². The van der Waals surface area contributed by atoms with E-state index < -0.39 is 15.6 Å². The molecule has 0 bridgehead atoms. The topological polar surface area (TPSA) is 78.4 Å². The number of piperidine rings is 1. The van der Waals surface area contributed by atoms with E-state index in [1.807, 2.05) is 0 Å². The van der Waals surface area contributed by atoms with Gasteiger partial charge in [-0.1, -0.05) is 0 Å². The number of hydrogen-bond donors (Lipinski definition) is 3. The van der Waals surface area contributed by atoms with E-state index >= 15 is 0 Å². The van der Waals surface area contributed by atoms with Crippen molar-refractivity contribution >= 4 is 22.4 Å². The van der Waals surface area contributed by atoms with Crippen molar-refractivity contribution in [3.05, 3.63) is 0 Å². The fraction of sp³-hybridized carbons (Fsp3) is 1.00. The van der Waals surface area contributed by atoms with Crippen LogP contribution in [0.4, 0.5) is 0 Å². The third-order valence-corrected chi connectivity index (χ3v) is 4.72. The summed E-state index contributed by atoms with van der Waals surface area (Å²) in [7, 11) is -3.21. The van der Waals surface area contributed by atoms with Crippen molar-refractivity contribution in [2.24, 2.45) is 0 Å². The van der Waals surface area contributed by atoms with Crippen LogP contribution >= 0.6 is 12.4 Å². The molecule has 0 aliphatic carbocycles. The molecule has 7 heteroatoms. The van der Waals surface area contributed by atoms with E-state index in [4.69, 9.17) is 0 Å². The van der Waals surface area contributed by atoms with Crippen molar-refractivity contribution in [1.29, 1.82) is 0 Å². The lowest BCUT2D eigenvalue weighted by Gasteiger charge is -2.24. The molecule has 1 heterocycles. The average molecular weight is 287 g/mol. The van der Waals surface area contributed by atoms with E-state index in [0.717, 1.165) is 13.1 Å². The molecule has 0 radical (unpaired) electrons. The molecule has 0 unspecified atom stereocenters. The molecule has 1 fully saturated rings. The Morgan fingerprint density at radius 3 is 2.35 bits per heavy atom. The largest absolute Gasteiger partial charge is 0.390 e. The predicted molar refractivity (Wildman–Crippen MR) is 71.0 cm³/mol. The molecule has 0 aromatic heterocycles. The number of rotatable bonds is 5. The summed E-state index contributed by atoms with van der Waals surface area (Å²) < 4.78 is 26.3. The molecule has 1 aliphatic heterocycles. The fourth-order valence-electron chi connectivity index (χ4n) is 1.72. The van der Waals surface area contributed by atoms with Gasteiger partial charge in [-0.2, -0.15) is 0 Å². The molecule has 0 aromatic carbocycles. The second kappa shape index (κ2) is 6.89. The molecule has 3 N–H and O–H groups in total. The first-order chi connectivity index (χ1) is 7.31. The Morgan fingerprint density at radius 2 is 1.88 bits per heavy atom. The summed E-state index contributed by atoms with van der Waals surface area (Å²) in [6.07, 6.45) is 1.76. The van der Waals surface area contributed by atoms with Crippen LogP contribution in [0.1, 0.15) is 33.1 Å². The second-order valence-electron chi connectivity index (χ2n) is 4.95. The minimum absolute atomic E-state index is 0. The van der Waals surface area contributed by atoms with Crippen LogP contribution in [0.5, 0.6) is 0 Å². The monoisotopic (exact) mass is 286 g/mol. The maximum Gasteiger partial charge on any atom is 0.214 e. The molecule has 0 saturated carbocycles. The van der Waals surface area contributed by atoms with Crippen LogP contribution in [-0.2, 0) is 10.0 Å². The maximum atomic E-state index is 11.9. The number of nitrogens with one attached hydrogen (secondary N) is 2. The van der Waals surface area contributed by atoms with Crippen molar-refractivity contribution in [2.75, 3.05) is 19.6 Å². The normalized spacial score (nSPS) is 18.8. The second-order valence-corrected chi connectivity index (χ2v) is 7.00. The highest BCUT2D eigenvalue weighted by atomic mass is 35.5. The molecule has 0 atom stereocenters. The molecule has 0 amide bonds. The Labute approximate surface area is 110 Å². The van der Waals surface area contributed by atoms with Gasteiger partial charge in [-0.3, -0.25) is 0 Å². The van der Waals surface area contributed by atoms with Crippen LogP contribution in [-0.4, -0.2) is 44.0 Å². The SMILES string of the molecule is CC(C)(O)CCNS(=O)(=O)C1CCNCC1.Cl. The zero-order chi connectivity index (χ0) is 12.2. The third kappa shape index (κ3) is 6.57. The van der Waals surface area contributed by atoms with E-state index in [1.165, 1.54) is 0 Å². The zero-order valence-corrected chi connectivity index (χ0v) is 12.0. The van der Waals surface area contributed by atoms with Gasteiger partial charge in [0.1, 0.15) is 0 Å². The average Bonchev–Trinajstić information content (AvgIpc) is 2.17. The zero-order valence-electron chi connectivity index (χ0n) is 10.4. The quantitative estimate of drug-likeness (QED) is 0.677. The molecular weight excluding hydrogens is 264 g/mol. The summed E-state index contributed by atoms with van der Waals surface area (Å²) in [5, 5.41) is 12.3. The Bertz CT molecular complexity index is 308. The lowest BCUT2D eigenvalue weighted by atomic mass is 10.1. The van der Waals surface area contributed by atoms with Crippen molar-refractivity contribution in [2.45, 2.75) is 44.0 Å². The van der Waals surface area contributed by atoms with Gasteiger partial charge in [0, 0.05) is 6.54 Å². The summed E-state index contributed by atoms with van der Waals surface area (Å²) in [5.41, 5.74) is -0.823. The van der Waals surface area contributed by atoms with Gasteiger partial charge in [0.2, 0.25) is 10.0 Å². The lowest BCUT2D eigenvalue weighted by molar-refractivity contribution is 0.0727. The van der Waals surface area contributed by atoms with Gasteiger partial charge < -0.3 is 10.4 Å². The van der Waals surface area contributed by atoms with Crippen molar-refractivity contribution in [3.8, 4) is 0 Å². The van der Waals surface area contributed by atoms with Gasteiger partial charge in [0.25, 0.3) is 0 Å². The summed E-state index contributed by atoms with van der Waals surface area (Å²) in [6, 6.07) is 0. The molecule has 5 nitrogen and oxygen atoms in total. The standard InChI is InChI=1S/C10H22N2O3S.ClH/c1-10(2,13)5-8-12-16(14,15)9-3-6-11-7-4-9;/h9,11-13H,3-8H2,1-2H3;1H. The van der Waals surface area contributed by atoms with E-state index in [9.17, 15) is 13.5 Å². The molecule has 1 aliphatic rings. The van der Waals surface area contributed by atoms with Crippen LogP contribution in [0, 0.1) is 0 Å².